The molecule has 0 saturated heterocycles. The highest BCUT2D eigenvalue weighted by Crippen LogP contribution is 2.17. The van der Waals surface area contributed by atoms with E-state index in [0.717, 1.165) is 83.5 Å². The molecule has 62 heavy (non-hydrogen) atoms. The Hall–Kier alpha value is -2.44. The standard InChI is InChI=1S/C56H101NO5/c1-4-7-10-13-16-19-22-24-26-28-30-33-35-38-41-44-47-52(62-56(61)49-46-43-40-37-34-31-29-27-25-23-20-17-14-11-8-5-2)50-55(60)57-53(51-58)54(59)48-45-42-39-36-32-21-18-15-12-9-6-3/h22,24,26-31,33-34,52-54,58-59H,4-21,23,25,32,35-51H2,1-3H3,(H,57,60)/b24-22+,28-26+,29-27+,33-30+,34-31+. The molecule has 0 radical (unpaired) electrons. The minimum absolute atomic E-state index is 0.0433. The van der Waals surface area contributed by atoms with Gasteiger partial charge in [-0.25, -0.2) is 0 Å². The maximum atomic E-state index is 13.2. The molecule has 0 heterocycles. The third kappa shape index (κ3) is 44.2. The van der Waals surface area contributed by atoms with Gasteiger partial charge in [0.2, 0.25) is 5.91 Å². The number of carbonyl (C=O) groups excluding carboxylic acids is 2. The summed E-state index contributed by atoms with van der Waals surface area (Å²) in [6, 6.07) is -0.719. The fourth-order valence-corrected chi connectivity index (χ4v) is 7.83. The van der Waals surface area contributed by atoms with Crippen molar-refractivity contribution in [3.8, 4) is 0 Å². The number of amides is 1. The molecule has 1 amide bonds. The predicted molar refractivity (Wildman–Crippen MR) is 268 cm³/mol. The number of hydrogen-bond acceptors (Lipinski definition) is 5. The molecule has 0 rings (SSSR count). The van der Waals surface area contributed by atoms with Crippen LogP contribution in [0.25, 0.3) is 0 Å². The first-order valence-electron chi connectivity index (χ1n) is 26.6. The van der Waals surface area contributed by atoms with Crippen molar-refractivity contribution in [3.63, 3.8) is 0 Å². The molecule has 0 saturated carbocycles. The van der Waals surface area contributed by atoms with Crippen LogP contribution in [-0.2, 0) is 14.3 Å². The highest BCUT2D eigenvalue weighted by atomic mass is 16.5. The van der Waals surface area contributed by atoms with E-state index >= 15 is 0 Å². The van der Waals surface area contributed by atoms with Crippen LogP contribution in [0.4, 0.5) is 0 Å². The maximum absolute atomic E-state index is 13.2. The molecule has 0 aromatic carbocycles. The van der Waals surface area contributed by atoms with Gasteiger partial charge in [-0.2, -0.15) is 0 Å². The number of unbranched alkanes of at least 4 members (excludes halogenated alkanes) is 28. The van der Waals surface area contributed by atoms with Gasteiger partial charge >= 0.3 is 5.97 Å². The third-order valence-electron chi connectivity index (χ3n) is 11.9. The zero-order valence-corrected chi connectivity index (χ0v) is 41.0. The highest BCUT2D eigenvalue weighted by molar-refractivity contribution is 5.77. The summed E-state index contributed by atoms with van der Waals surface area (Å²) in [5.74, 6) is -0.537. The zero-order valence-electron chi connectivity index (χ0n) is 41.0. The summed E-state index contributed by atoms with van der Waals surface area (Å²) in [7, 11) is 0. The van der Waals surface area contributed by atoms with Gasteiger partial charge in [-0.15, -0.1) is 0 Å². The van der Waals surface area contributed by atoms with Gasteiger partial charge in [0.15, 0.2) is 0 Å². The Labute approximate surface area is 384 Å². The van der Waals surface area contributed by atoms with Crippen LogP contribution in [-0.4, -0.2) is 46.9 Å². The summed E-state index contributed by atoms with van der Waals surface area (Å²) in [4.78, 5) is 26.1. The Balaban J connectivity index is 4.71. The first-order valence-corrected chi connectivity index (χ1v) is 26.6. The number of aliphatic hydroxyl groups is 2. The molecule has 3 atom stereocenters. The van der Waals surface area contributed by atoms with E-state index < -0.39 is 18.2 Å². The normalized spacial score (nSPS) is 13.7. The van der Waals surface area contributed by atoms with Crippen LogP contribution in [0.5, 0.6) is 0 Å². The van der Waals surface area contributed by atoms with Gasteiger partial charge < -0.3 is 20.3 Å². The largest absolute Gasteiger partial charge is 0.462 e. The van der Waals surface area contributed by atoms with E-state index in [1.54, 1.807) is 0 Å². The lowest BCUT2D eigenvalue weighted by atomic mass is 10.0. The minimum Gasteiger partial charge on any atom is -0.462 e. The van der Waals surface area contributed by atoms with Gasteiger partial charge in [-0.3, -0.25) is 9.59 Å². The first-order chi connectivity index (χ1) is 30.5. The van der Waals surface area contributed by atoms with Gasteiger partial charge in [0.1, 0.15) is 6.10 Å². The maximum Gasteiger partial charge on any atom is 0.306 e. The quantitative estimate of drug-likeness (QED) is 0.0322. The molecule has 0 aliphatic heterocycles. The second kappa shape index (κ2) is 49.6. The number of carbonyl (C=O) groups is 2. The van der Waals surface area contributed by atoms with E-state index in [1.807, 2.05) is 0 Å². The molecular weight excluding hydrogens is 767 g/mol. The summed E-state index contributed by atoms with van der Waals surface area (Å²) >= 11 is 0. The molecule has 0 aromatic heterocycles. The molecule has 0 aliphatic rings. The molecule has 0 bridgehead atoms. The van der Waals surface area contributed by atoms with E-state index in [2.05, 4.69) is 86.8 Å². The molecule has 360 valence electrons. The Morgan fingerprint density at radius 1 is 0.468 bits per heavy atom. The SMILES string of the molecule is CCCCCCC/C=C/C=C/C=C/CCCCCC(CC(=O)NC(CO)C(O)CCCCCCCCCCCCC)OC(=O)CCCCC/C=C/C=C/CCCCCCCCC. The molecule has 0 fully saturated rings. The molecule has 0 aliphatic carbocycles. The van der Waals surface area contributed by atoms with Crippen molar-refractivity contribution >= 4 is 11.9 Å². The minimum atomic E-state index is -0.802. The Bertz CT molecular complexity index is 1110. The van der Waals surface area contributed by atoms with Gasteiger partial charge in [0, 0.05) is 6.42 Å². The lowest BCUT2D eigenvalue weighted by Gasteiger charge is -2.24. The predicted octanol–water partition coefficient (Wildman–Crippen LogP) is 16.0. The number of aliphatic hydroxyl groups excluding tert-OH is 2. The number of esters is 1. The van der Waals surface area contributed by atoms with Crippen LogP contribution in [0, 0.1) is 0 Å². The Kier molecular flexibility index (Phi) is 47.6. The summed E-state index contributed by atoms with van der Waals surface area (Å²) < 4.78 is 5.91. The van der Waals surface area contributed by atoms with Crippen LogP contribution in [0.1, 0.15) is 258 Å². The lowest BCUT2D eigenvalue weighted by molar-refractivity contribution is -0.151. The molecule has 3 unspecified atom stereocenters. The summed E-state index contributed by atoms with van der Waals surface area (Å²) in [6.07, 6.45) is 61.4. The summed E-state index contributed by atoms with van der Waals surface area (Å²) in [5, 5.41) is 23.7. The van der Waals surface area contributed by atoms with Crippen LogP contribution < -0.4 is 5.32 Å². The average Bonchev–Trinajstić information content (AvgIpc) is 3.26. The molecular formula is C56H101NO5. The fourth-order valence-electron chi connectivity index (χ4n) is 7.83. The van der Waals surface area contributed by atoms with Gasteiger partial charge in [-0.05, 0) is 77.0 Å². The van der Waals surface area contributed by atoms with Gasteiger partial charge in [0.25, 0.3) is 0 Å². The number of rotatable bonds is 47. The van der Waals surface area contributed by atoms with Crippen molar-refractivity contribution in [1.82, 2.24) is 5.32 Å². The highest BCUT2D eigenvalue weighted by Gasteiger charge is 2.24. The number of nitrogens with one attached hydrogen (secondary N) is 1. The molecule has 6 heteroatoms. The smallest absolute Gasteiger partial charge is 0.306 e. The monoisotopic (exact) mass is 868 g/mol. The molecule has 0 spiro atoms. The van der Waals surface area contributed by atoms with Gasteiger partial charge in [0.05, 0.1) is 25.2 Å². The second-order valence-electron chi connectivity index (χ2n) is 18.0. The van der Waals surface area contributed by atoms with Crippen molar-refractivity contribution in [1.29, 1.82) is 0 Å². The van der Waals surface area contributed by atoms with Crippen LogP contribution in [0.3, 0.4) is 0 Å². The lowest BCUT2D eigenvalue weighted by Crippen LogP contribution is -2.46. The van der Waals surface area contributed by atoms with Crippen LogP contribution in [0.2, 0.25) is 0 Å². The number of allylic oxidation sites excluding steroid dienone is 10. The van der Waals surface area contributed by atoms with Crippen molar-refractivity contribution in [2.45, 2.75) is 277 Å². The van der Waals surface area contributed by atoms with E-state index in [1.165, 1.54) is 128 Å². The van der Waals surface area contributed by atoms with Crippen molar-refractivity contribution < 1.29 is 24.5 Å². The molecule has 0 aromatic rings. The fraction of sp³-hybridized carbons (Fsp3) is 0.786. The molecule has 3 N–H and O–H groups in total. The van der Waals surface area contributed by atoms with Crippen LogP contribution in [0.15, 0.2) is 60.8 Å². The van der Waals surface area contributed by atoms with Crippen molar-refractivity contribution in [2.24, 2.45) is 0 Å². The van der Waals surface area contributed by atoms with E-state index in [0.29, 0.717) is 19.3 Å². The topological polar surface area (TPSA) is 95.9 Å². The van der Waals surface area contributed by atoms with E-state index in [-0.39, 0.29) is 24.9 Å². The third-order valence-corrected chi connectivity index (χ3v) is 11.9. The molecule has 6 nitrogen and oxygen atoms in total. The van der Waals surface area contributed by atoms with Crippen molar-refractivity contribution in [2.75, 3.05) is 6.61 Å². The average molecular weight is 868 g/mol. The Morgan fingerprint density at radius 3 is 1.26 bits per heavy atom. The van der Waals surface area contributed by atoms with E-state index in [4.69, 9.17) is 4.74 Å². The first kappa shape index (κ1) is 59.6. The number of hydrogen-bond donors (Lipinski definition) is 3. The second-order valence-corrected chi connectivity index (χ2v) is 18.0. The Morgan fingerprint density at radius 2 is 0.823 bits per heavy atom. The summed E-state index contributed by atoms with van der Waals surface area (Å²) in [6.45, 7) is 6.44. The summed E-state index contributed by atoms with van der Waals surface area (Å²) in [5.41, 5.74) is 0. The van der Waals surface area contributed by atoms with Gasteiger partial charge in [-0.1, -0.05) is 229 Å². The van der Waals surface area contributed by atoms with E-state index in [9.17, 15) is 19.8 Å². The zero-order chi connectivity index (χ0) is 45.2. The van der Waals surface area contributed by atoms with Crippen molar-refractivity contribution in [3.05, 3.63) is 60.8 Å². The number of ether oxygens (including phenoxy) is 1. The van der Waals surface area contributed by atoms with Crippen LogP contribution >= 0.6 is 0 Å².